The highest BCUT2D eigenvalue weighted by atomic mass is 32.2. The average molecular weight is 391 g/mol. The summed E-state index contributed by atoms with van der Waals surface area (Å²) in [7, 11) is -3.57. The number of rotatable bonds is 4. The molecule has 0 amide bonds. The number of aryl methyl sites for hydroxylation is 1. The summed E-state index contributed by atoms with van der Waals surface area (Å²) in [6, 6.07) is 6.64. The molecular formula is C15H17N7O2S2. The van der Waals surface area contributed by atoms with E-state index in [0.29, 0.717) is 31.9 Å². The summed E-state index contributed by atoms with van der Waals surface area (Å²) in [6.07, 6.45) is 1.43. The molecule has 1 fully saturated rings. The number of anilines is 1. The molecule has 0 spiro atoms. The van der Waals surface area contributed by atoms with E-state index >= 15 is 0 Å². The van der Waals surface area contributed by atoms with E-state index in [4.69, 9.17) is 0 Å². The van der Waals surface area contributed by atoms with Crippen LogP contribution >= 0.6 is 11.3 Å². The number of aromatic nitrogens is 5. The molecule has 26 heavy (non-hydrogen) atoms. The number of piperazine rings is 1. The van der Waals surface area contributed by atoms with Crippen molar-refractivity contribution in [1.29, 1.82) is 0 Å². The number of tetrazole rings is 1. The maximum absolute atomic E-state index is 13.0. The van der Waals surface area contributed by atoms with Gasteiger partial charge >= 0.3 is 0 Å². The Morgan fingerprint density at radius 3 is 2.62 bits per heavy atom. The lowest BCUT2D eigenvalue weighted by atomic mass is 10.3. The molecule has 1 aromatic carbocycles. The molecule has 0 unspecified atom stereocenters. The fourth-order valence-electron chi connectivity index (χ4n) is 2.82. The van der Waals surface area contributed by atoms with E-state index in [1.807, 2.05) is 12.3 Å². The number of nitrogens with zero attached hydrogens (tertiary/aromatic N) is 7. The first-order valence-electron chi connectivity index (χ1n) is 8.05. The maximum atomic E-state index is 13.0. The van der Waals surface area contributed by atoms with Gasteiger partial charge in [0.1, 0.15) is 6.33 Å². The normalized spacial score (nSPS) is 16.1. The van der Waals surface area contributed by atoms with Crippen LogP contribution in [0.15, 0.2) is 40.9 Å². The summed E-state index contributed by atoms with van der Waals surface area (Å²) < 4.78 is 28.9. The SMILES string of the molecule is Cc1csc(N2CCN(S(=O)(=O)c3cccc(-n4cnnn4)c3)CC2)n1. The zero-order valence-electron chi connectivity index (χ0n) is 14.1. The van der Waals surface area contributed by atoms with Crippen LogP contribution in [0, 0.1) is 6.92 Å². The highest BCUT2D eigenvalue weighted by molar-refractivity contribution is 7.89. The van der Waals surface area contributed by atoms with Crippen LogP contribution in [-0.2, 0) is 10.0 Å². The lowest BCUT2D eigenvalue weighted by Gasteiger charge is -2.33. The van der Waals surface area contributed by atoms with Gasteiger partial charge < -0.3 is 4.90 Å². The first-order chi connectivity index (χ1) is 12.5. The Morgan fingerprint density at radius 1 is 1.15 bits per heavy atom. The van der Waals surface area contributed by atoms with E-state index in [9.17, 15) is 8.42 Å². The highest BCUT2D eigenvalue weighted by Crippen LogP contribution is 2.24. The Morgan fingerprint density at radius 2 is 1.96 bits per heavy atom. The monoisotopic (exact) mass is 391 g/mol. The van der Waals surface area contributed by atoms with Gasteiger partial charge in [-0.1, -0.05) is 6.07 Å². The van der Waals surface area contributed by atoms with Gasteiger partial charge in [0.15, 0.2) is 5.13 Å². The predicted molar refractivity (Wildman–Crippen MR) is 97.0 cm³/mol. The van der Waals surface area contributed by atoms with Gasteiger partial charge in [0.2, 0.25) is 10.0 Å². The van der Waals surface area contributed by atoms with E-state index in [1.54, 1.807) is 35.6 Å². The molecule has 0 bridgehead atoms. The van der Waals surface area contributed by atoms with Crippen LogP contribution in [-0.4, -0.2) is 64.1 Å². The van der Waals surface area contributed by atoms with E-state index in [-0.39, 0.29) is 4.90 Å². The molecule has 1 saturated heterocycles. The van der Waals surface area contributed by atoms with Crippen LogP contribution in [0.4, 0.5) is 5.13 Å². The molecule has 1 aliphatic heterocycles. The minimum Gasteiger partial charge on any atom is -0.345 e. The second-order valence-corrected chi connectivity index (χ2v) is 8.69. The van der Waals surface area contributed by atoms with Crippen molar-refractivity contribution < 1.29 is 8.42 Å². The Hall–Kier alpha value is -2.37. The van der Waals surface area contributed by atoms with Gasteiger partial charge in [-0.25, -0.2) is 18.1 Å². The van der Waals surface area contributed by atoms with Crippen LogP contribution in [0.3, 0.4) is 0 Å². The van der Waals surface area contributed by atoms with Crippen LogP contribution in [0.5, 0.6) is 0 Å². The number of hydrogen-bond donors (Lipinski definition) is 0. The molecule has 1 aliphatic rings. The fourth-order valence-corrected chi connectivity index (χ4v) is 5.14. The Balaban J connectivity index is 1.52. The van der Waals surface area contributed by atoms with Crippen molar-refractivity contribution in [2.45, 2.75) is 11.8 Å². The van der Waals surface area contributed by atoms with Crippen LogP contribution in [0.2, 0.25) is 0 Å². The molecule has 0 N–H and O–H groups in total. The van der Waals surface area contributed by atoms with E-state index in [0.717, 1.165) is 10.8 Å². The lowest BCUT2D eigenvalue weighted by Crippen LogP contribution is -2.48. The molecule has 0 aliphatic carbocycles. The standard InChI is InChI=1S/C15H17N7O2S2/c1-12-10-25-15(17-12)20-5-7-21(8-6-20)26(23,24)14-4-2-3-13(9-14)22-11-16-18-19-22/h2-4,9-11H,5-8H2,1H3. The van der Waals surface area contributed by atoms with E-state index < -0.39 is 10.0 Å². The third kappa shape index (κ3) is 3.20. The summed E-state index contributed by atoms with van der Waals surface area (Å²) in [5.41, 5.74) is 1.59. The number of thiazole rings is 1. The maximum Gasteiger partial charge on any atom is 0.243 e. The summed E-state index contributed by atoms with van der Waals surface area (Å²) in [5.74, 6) is 0. The molecule has 11 heteroatoms. The molecule has 3 aromatic rings. The van der Waals surface area contributed by atoms with Crippen molar-refractivity contribution in [3.8, 4) is 5.69 Å². The van der Waals surface area contributed by atoms with Gasteiger partial charge in [-0.15, -0.1) is 16.4 Å². The molecule has 4 rings (SSSR count). The molecular weight excluding hydrogens is 374 g/mol. The summed E-state index contributed by atoms with van der Waals surface area (Å²) in [6.45, 7) is 4.06. The summed E-state index contributed by atoms with van der Waals surface area (Å²) in [4.78, 5) is 6.84. The average Bonchev–Trinajstić information content (AvgIpc) is 3.34. The quantitative estimate of drug-likeness (QED) is 0.653. The Bertz CT molecular complexity index is 993. The number of sulfonamides is 1. The fraction of sp³-hybridized carbons (Fsp3) is 0.333. The Kier molecular flexibility index (Phi) is 4.42. The second kappa shape index (κ2) is 6.74. The zero-order valence-corrected chi connectivity index (χ0v) is 15.7. The lowest BCUT2D eigenvalue weighted by molar-refractivity contribution is 0.384. The van der Waals surface area contributed by atoms with Gasteiger partial charge in [-0.2, -0.15) is 4.31 Å². The van der Waals surface area contributed by atoms with Crippen LogP contribution < -0.4 is 4.90 Å². The van der Waals surface area contributed by atoms with Gasteiger partial charge in [0.05, 0.1) is 16.3 Å². The minimum atomic E-state index is -3.57. The number of benzene rings is 1. The van der Waals surface area contributed by atoms with Crippen molar-refractivity contribution in [3.05, 3.63) is 41.7 Å². The number of hydrogen-bond acceptors (Lipinski definition) is 8. The van der Waals surface area contributed by atoms with E-state index in [1.165, 1.54) is 15.3 Å². The second-order valence-electron chi connectivity index (χ2n) is 5.91. The van der Waals surface area contributed by atoms with Crippen molar-refractivity contribution in [3.63, 3.8) is 0 Å². The van der Waals surface area contributed by atoms with Crippen molar-refractivity contribution in [1.82, 2.24) is 29.5 Å². The molecule has 0 radical (unpaired) electrons. The highest BCUT2D eigenvalue weighted by Gasteiger charge is 2.29. The van der Waals surface area contributed by atoms with Crippen LogP contribution in [0.25, 0.3) is 5.69 Å². The molecule has 9 nitrogen and oxygen atoms in total. The smallest absolute Gasteiger partial charge is 0.243 e. The first kappa shape index (κ1) is 17.1. The summed E-state index contributed by atoms with van der Waals surface area (Å²) >= 11 is 1.59. The van der Waals surface area contributed by atoms with Crippen LogP contribution in [0.1, 0.15) is 5.69 Å². The van der Waals surface area contributed by atoms with Gasteiger partial charge in [-0.05, 0) is 35.5 Å². The van der Waals surface area contributed by atoms with Gasteiger partial charge in [0.25, 0.3) is 0 Å². The third-order valence-electron chi connectivity index (χ3n) is 4.18. The van der Waals surface area contributed by atoms with Crippen molar-refractivity contribution in [2.24, 2.45) is 0 Å². The molecule has 3 heterocycles. The molecule has 2 aromatic heterocycles. The molecule has 136 valence electrons. The predicted octanol–water partition coefficient (Wildman–Crippen LogP) is 0.938. The van der Waals surface area contributed by atoms with Gasteiger partial charge in [0, 0.05) is 31.6 Å². The molecule has 0 atom stereocenters. The van der Waals surface area contributed by atoms with Crippen molar-refractivity contribution >= 4 is 26.5 Å². The Labute approximate surface area is 154 Å². The van der Waals surface area contributed by atoms with E-state index in [2.05, 4.69) is 25.4 Å². The zero-order chi connectivity index (χ0) is 18.1. The molecule has 0 saturated carbocycles. The summed E-state index contributed by atoms with van der Waals surface area (Å²) in [5, 5.41) is 13.9. The first-order valence-corrected chi connectivity index (χ1v) is 10.4. The topological polar surface area (TPSA) is 97.1 Å². The minimum absolute atomic E-state index is 0.240. The third-order valence-corrected chi connectivity index (χ3v) is 7.10. The largest absolute Gasteiger partial charge is 0.345 e. The van der Waals surface area contributed by atoms with Gasteiger partial charge in [-0.3, -0.25) is 0 Å². The van der Waals surface area contributed by atoms with Crippen molar-refractivity contribution in [2.75, 3.05) is 31.1 Å².